The van der Waals surface area contributed by atoms with Crippen LogP contribution >= 0.6 is 23.5 Å². The minimum absolute atomic E-state index is 0.119. The maximum absolute atomic E-state index is 8.74. The molecule has 0 radical (unpaired) electrons. The third kappa shape index (κ3) is 4.32. The van der Waals surface area contributed by atoms with E-state index in [9.17, 15) is 0 Å². The van der Waals surface area contributed by atoms with Crippen molar-refractivity contribution in [3.8, 4) is 11.1 Å². The van der Waals surface area contributed by atoms with Crippen molar-refractivity contribution in [1.82, 2.24) is 0 Å². The molecule has 1 unspecified atom stereocenters. The van der Waals surface area contributed by atoms with Crippen LogP contribution in [0, 0.1) is 5.41 Å². The number of nitrogens with two attached hydrogens (primary N) is 1. The average molecular weight is 507 g/mol. The Labute approximate surface area is 222 Å². The zero-order chi connectivity index (χ0) is 24.5. The van der Waals surface area contributed by atoms with Gasteiger partial charge in [-0.3, -0.25) is 5.41 Å². The highest BCUT2D eigenvalue weighted by atomic mass is 32.2. The van der Waals surface area contributed by atoms with E-state index >= 15 is 0 Å². The van der Waals surface area contributed by atoms with Crippen LogP contribution in [0.15, 0.2) is 107 Å². The Bertz CT molecular complexity index is 1410. The molecule has 1 heterocycles. The zero-order valence-corrected chi connectivity index (χ0v) is 21.9. The van der Waals surface area contributed by atoms with E-state index in [4.69, 9.17) is 11.1 Å². The normalized spacial score (nSPS) is 16.7. The fourth-order valence-corrected chi connectivity index (χ4v) is 7.89. The van der Waals surface area contributed by atoms with Gasteiger partial charge < -0.3 is 5.73 Å². The number of rotatable bonds is 4. The summed E-state index contributed by atoms with van der Waals surface area (Å²) < 4.78 is 0. The summed E-state index contributed by atoms with van der Waals surface area (Å²) in [4.78, 5) is 2.81. The van der Waals surface area contributed by atoms with Crippen molar-refractivity contribution in [3.63, 3.8) is 0 Å². The lowest BCUT2D eigenvalue weighted by atomic mass is 9.64. The van der Waals surface area contributed by atoms with Crippen LogP contribution in [0.25, 0.3) is 11.1 Å². The molecule has 4 aromatic carbocycles. The molecule has 180 valence electrons. The number of hydrogen-bond donors (Lipinski definition) is 2. The molecule has 2 aliphatic rings. The van der Waals surface area contributed by atoms with Crippen LogP contribution in [0.3, 0.4) is 0 Å². The SMILES string of the molecule is N=C(SC(N)c1ccccc1)c1cccc(-c2ccc3c(c2)C2(CCCCC2)c2ccccc2S3)c1. The second-order valence-corrected chi connectivity index (χ2v) is 12.0. The predicted molar refractivity (Wildman–Crippen MR) is 154 cm³/mol. The van der Waals surface area contributed by atoms with Gasteiger partial charge in [0.05, 0.1) is 10.4 Å². The molecule has 0 aromatic heterocycles. The van der Waals surface area contributed by atoms with Crippen molar-refractivity contribution >= 4 is 28.6 Å². The minimum atomic E-state index is -0.255. The highest BCUT2D eigenvalue weighted by Gasteiger charge is 2.41. The summed E-state index contributed by atoms with van der Waals surface area (Å²) in [6.45, 7) is 0. The van der Waals surface area contributed by atoms with E-state index in [-0.39, 0.29) is 10.8 Å². The smallest absolute Gasteiger partial charge is 0.0961 e. The molecule has 36 heavy (non-hydrogen) atoms. The van der Waals surface area contributed by atoms with E-state index in [0.29, 0.717) is 5.04 Å². The molecule has 1 aliphatic heterocycles. The van der Waals surface area contributed by atoms with Crippen molar-refractivity contribution in [2.45, 2.75) is 52.7 Å². The van der Waals surface area contributed by atoms with Crippen LogP contribution in [-0.4, -0.2) is 5.04 Å². The van der Waals surface area contributed by atoms with Crippen molar-refractivity contribution in [3.05, 3.63) is 119 Å². The summed E-state index contributed by atoms with van der Waals surface area (Å²) >= 11 is 3.32. The lowest BCUT2D eigenvalue weighted by Gasteiger charge is -2.43. The predicted octanol–water partition coefficient (Wildman–Crippen LogP) is 8.78. The summed E-state index contributed by atoms with van der Waals surface area (Å²) in [6.07, 6.45) is 6.35. The Morgan fingerprint density at radius 1 is 0.750 bits per heavy atom. The van der Waals surface area contributed by atoms with Crippen molar-refractivity contribution < 1.29 is 0 Å². The molecular formula is C32H30N2S2. The first-order chi connectivity index (χ1) is 17.6. The number of fused-ring (bicyclic) bond motifs is 4. The first-order valence-electron chi connectivity index (χ1n) is 12.7. The Hall–Kier alpha value is -2.79. The van der Waals surface area contributed by atoms with Crippen molar-refractivity contribution in [2.75, 3.05) is 0 Å². The first-order valence-corrected chi connectivity index (χ1v) is 14.4. The second-order valence-electron chi connectivity index (χ2n) is 9.81. The molecule has 1 aliphatic carbocycles. The molecular weight excluding hydrogens is 477 g/mol. The molecule has 2 nitrogen and oxygen atoms in total. The van der Waals surface area contributed by atoms with Crippen LogP contribution < -0.4 is 5.73 Å². The van der Waals surface area contributed by atoms with Gasteiger partial charge in [-0.1, -0.05) is 116 Å². The van der Waals surface area contributed by atoms with E-state index in [1.165, 1.54) is 70.3 Å². The monoisotopic (exact) mass is 506 g/mol. The van der Waals surface area contributed by atoms with Crippen LogP contribution in [-0.2, 0) is 5.41 Å². The summed E-state index contributed by atoms with van der Waals surface area (Å²) in [5, 5.41) is 8.98. The third-order valence-corrected chi connectivity index (χ3v) is 9.81. The van der Waals surface area contributed by atoms with Gasteiger partial charge in [0.25, 0.3) is 0 Å². The van der Waals surface area contributed by atoms with Gasteiger partial charge in [0.15, 0.2) is 0 Å². The molecule has 1 spiro atoms. The van der Waals surface area contributed by atoms with E-state index in [1.807, 2.05) is 48.2 Å². The van der Waals surface area contributed by atoms with Crippen LogP contribution in [0.1, 0.15) is 59.7 Å². The highest BCUT2D eigenvalue weighted by Crippen LogP contribution is 2.55. The van der Waals surface area contributed by atoms with Gasteiger partial charge in [-0.2, -0.15) is 0 Å². The molecule has 0 bridgehead atoms. The lowest BCUT2D eigenvalue weighted by molar-refractivity contribution is 0.335. The molecule has 1 fully saturated rings. The molecule has 4 aromatic rings. The first kappa shape index (κ1) is 23.6. The van der Waals surface area contributed by atoms with Gasteiger partial charge >= 0.3 is 0 Å². The standard InChI is InChI=1S/C32H30N2S2/c33-30(22-10-3-1-4-11-22)36-31(34)25-13-9-12-23(20-25)24-16-17-29-27(21-24)32(18-7-2-8-19-32)26-14-5-6-15-28(26)35-29/h1,3-6,9-17,20-21,30,34H,2,7-8,18-19,33H2. The lowest BCUT2D eigenvalue weighted by Crippen LogP contribution is -2.33. The zero-order valence-electron chi connectivity index (χ0n) is 20.2. The van der Waals surface area contributed by atoms with Crippen molar-refractivity contribution in [2.24, 2.45) is 5.73 Å². The number of thioether (sulfide) groups is 1. The Kier molecular flexibility index (Phi) is 6.51. The third-order valence-electron chi connectivity index (χ3n) is 7.66. The Balaban J connectivity index is 1.33. The van der Waals surface area contributed by atoms with Gasteiger partial charge in [0, 0.05) is 20.8 Å². The quantitative estimate of drug-likeness (QED) is 0.165. The molecule has 3 N–H and O–H groups in total. The molecule has 4 heteroatoms. The second kappa shape index (κ2) is 9.93. The number of benzene rings is 4. The summed E-state index contributed by atoms with van der Waals surface area (Å²) in [5.41, 5.74) is 13.9. The van der Waals surface area contributed by atoms with Crippen LogP contribution in [0.5, 0.6) is 0 Å². The summed E-state index contributed by atoms with van der Waals surface area (Å²) in [5.74, 6) is 0. The largest absolute Gasteiger partial charge is 0.315 e. The fourth-order valence-electron chi connectivity index (χ4n) is 5.83. The van der Waals surface area contributed by atoms with Crippen molar-refractivity contribution in [1.29, 1.82) is 5.41 Å². The van der Waals surface area contributed by atoms with E-state index in [1.54, 1.807) is 0 Å². The van der Waals surface area contributed by atoms with E-state index in [0.717, 1.165) is 16.7 Å². The van der Waals surface area contributed by atoms with Gasteiger partial charge in [-0.05, 0) is 64.9 Å². The maximum atomic E-state index is 8.74. The fraction of sp³-hybridized carbons (Fsp3) is 0.219. The Morgan fingerprint density at radius 2 is 1.47 bits per heavy atom. The Morgan fingerprint density at radius 3 is 2.31 bits per heavy atom. The molecule has 0 saturated heterocycles. The van der Waals surface area contributed by atoms with Crippen LogP contribution in [0.2, 0.25) is 0 Å². The summed E-state index contributed by atoms with van der Waals surface area (Å²) in [7, 11) is 0. The number of hydrogen-bond acceptors (Lipinski definition) is 4. The van der Waals surface area contributed by atoms with E-state index < -0.39 is 0 Å². The average Bonchev–Trinajstić information content (AvgIpc) is 2.94. The van der Waals surface area contributed by atoms with Gasteiger partial charge in [0.1, 0.15) is 0 Å². The van der Waals surface area contributed by atoms with Gasteiger partial charge in [0.2, 0.25) is 0 Å². The molecule has 6 rings (SSSR count). The maximum Gasteiger partial charge on any atom is 0.0961 e. The highest BCUT2D eigenvalue weighted by molar-refractivity contribution is 8.14. The van der Waals surface area contributed by atoms with Gasteiger partial charge in [-0.25, -0.2) is 0 Å². The van der Waals surface area contributed by atoms with Crippen LogP contribution in [0.4, 0.5) is 0 Å². The topological polar surface area (TPSA) is 49.9 Å². The molecule has 1 saturated carbocycles. The molecule has 0 amide bonds. The molecule has 1 atom stereocenters. The van der Waals surface area contributed by atoms with Gasteiger partial charge in [-0.15, -0.1) is 0 Å². The minimum Gasteiger partial charge on any atom is -0.315 e. The summed E-state index contributed by atoms with van der Waals surface area (Å²) in [6, 6.07) is 34.4. The van der Waals surface area contributed by atoms with E-state index in [2.05, 4.69) is 60.7 Å². The number of nitrogens with one attached hydrogen (secondary N) is 1.